The molecule has 1 saturated heterocycles. The summed E-state index contributed by atoms with van der Waals surface area (Å²) >= 11 is 0. The Bertz CT molecular complexity index is 818. The minimum absolute atomic E-state index is 0.0277. The van der Waals surface area contributed by atoms with Crippen LogP contribution in [0.3, 0.4) is 0 Å². The molecule has 0 bridgehead atoms. The van der Waals surface area contributed by atoms with Gasteiger partial charge < -0.3 is 24.8 Å². The molecular weight excluding hydrogens is 363 g/mol. The van der Waals surface area contributed by atoms with Gasteiger partial charge in [0, 0.05) is 19.0 Å². The van der Waals surface area contributed by atoms with E-state index in [2.05, 4.69) is 10.6 Å². The van der Waals surface area contributed by atoms with E-state index in [1.807, 2.05) is 18.2 Å². The number of ether oxygens (including phenoxy) is 3. The Kier molecular flexibility index (Phi) is 6.36. The molecule has 1 aliphatic rings. The summed E-state index contributed by atoms with van der Waals surface area (Å²) in [6.45, 7) is 0.531. The molecule has 0 saturated carbocycles. The first-order valence-corrected chi connectivity index (χ1v) is 9.12. The van der Waals surface area contributed by atoms with Crippen LogP contribution in [0.25, 0.3) is 0 Å². The number of hydrogen-bond acceptors (Lipinski definition) is 5. The molecule has 0 aromatic heterocycles. The van der Waals surface area contributed by atoms with Crippen LogP contribution in [0, 0.1) is 5.82 Å². The fourth-order valence-electron chi connectivity index (χ4n) is 3.52. The molecule has 0 spiro atoms. The monoisotopic (exact) mass is 388 g/mol. The smallest absolute Gasteiger partial charge is 0.220 e. The van der Waals surface area contributed by atoms with E-state index in [4.69, 9.17) is 14.2 Å². The molecule has 1 fully saturated rings. The Hall–Kier alpha value is -2.80. The van der Waals surface area contributed by atoms with Gasteiger partial charge in [-0.05, 0) is 41.8 Å². The highest BCUT2D eigenvalue weighted by Gasteiger charge is 2.30. The van der Waals surface area contributed by atoms with Crippen LogP contribution in [0.4, 0.5) is 4.39 Å². The molecule has 3 rings (SSSR count). The molecule has 2 atom stereocenters. The van der Waals surface area contributed by atoms with E-state index in [9.17, 15) is 9.18 Å². The maximum atomic E-state index is 13.7. The molecule has 150 valence electrons. The summed E-state index contributed by atoms with van der Waals surface area (Å²) in [7, 11) is 4.71. The summed E-state index contributed by atoms with van der Waals surface area (Å²) in [6.07, 6.45) is 1.09. The van der Waals surface area contributed by atoms with Crippen LogP contribution < -0.4 is 24.8 Å². The van der Waals surface area contributed by atoms with Gasteiger partial charge in [0.05, 0.1) is 27.4 Å². The number of amides is 1. The van der Waals surface area contributed by atoms with Crippen LogP contribution in [0.2, 0.25) is 0 Å². The van der Waals surface area contributed by atoms with Crippen LogP contribution in [0.5, 0.6) is 17.2 Å². The third-order valence-corrected chi connectivity index (χ3v) is 4.90. The van der Waals surface area contributed by atoms with Crippen LogP contribution in [-0.4, -0.2) is 33.3 Å². The van der Waals surface area contributed by atoms with Gasteiger partial charge in [0.1, 0.15) is 5.82 Å². The molecule has 6 nitrogen and oxygen atoms in total. The van der Waals surface area contributed by atoms with Crippen molar-refractivity contribution in [1.29, 1.82) is 0 Å². The molecule has 0 unspecified atom stereocenters. The van der Waals surface area contributed by atoms with Gasteiger partial charge in [-0.2, -0.15) is 0 Å². The van der Waals surface area contributed by atoms with E-state index < -0.39 is 0 Å². The molecule has 7 heteroatoms. The number of carbonyl (C=O) groups excluding carboxylic acids is 1. The summed E-state index contributed by atoms with van der Waals surface area (Å²) in [5.74, 6) is 1.35. The van der Waals surface area contributed by atoms with Crippen molar-refractivity contribution in [3.05, 3.63) is 53.3 Å². The van der Waals surface area contributed by atoms with Gasteiger partial charge in [0.15, 0.2) is 11.5 Å². The number of rotatable bonds is 7. The number of carbonyl (C=O) groups is 1. The minimum Gasteiger partial charge on any atom is -0.493 e. The van der Waals surface area contributed by atoms with Crippen LogP contribution in [0.15, 0.2) is 36.4 Å². The molecule has 0 radical (unpaired) electrons. The summed E-state index contributed by atoms with van der Waals surface area (Å²) in [5, 5.41) is 6.45. The zero-order valence-corrected chi connectivity index (χ0v) is 16.3. The zero-order chi connectivity index (χ0) is 20.1. The molecule has 28 heavy (non-hydrogen) atoms. The quantitative estimate of drug-likeness (QED) is 0.763. The first kappa shape index (κ1) is 19.9. The van der Waals surface area contributed by atoms with Crippen molar-refractivity contribution in [3.63, 3.8) is 0 Å². The Morgan fingerprint density at radius 3 is 2.43 bits per heavy atom. The van der Waals surface area contributed by atoms with Crippen molar-refractivity contribution in [2.75, 3.05) is 21.3 Å². The SMILES string of the molecule is COc1cc(CN[C@@H]2CCC(=O)N[C@H]2c2cccc(F)c2)cc(OC)c1OC. The Morgan fingerprint density at radius 1 is 1.11 bits per heavy atom. The number of methoxy groups -OCH3 is 3. The second-order valence-corrected chi connectivity index (χ2v) is 6.66. The summed E-state index contributed by atoms with van der Waals surface area (Å²) in [5.41, 5.74) is 1.69. The van der Waals surface area contributed by atoms with Crippen molar-refractivity contribution >= 4 is 5.91 Å². The molecule has 1 heterocycles. The van der Waals surface area contributed by atoms with E-state index in [1.54, 1.807) is 27.4 Å². The molecule has 2 aromatic rings. The van der Waals surface area contributed by atoms with Gasteiger partial charge in [-0.15, -0.1) is 0 Å². The predicted molar refractivity (Wildman–Crippen MR) is 103 cm³/mol. The molecule has 2 N–H and O–H groups in total. The van der Waals surface area contributed by atoms with E-state index in [-0.39, 0.29) is 23.8 Å². The zero-order valence-electron chi connectivity index (χ0n) is 16.3. The lowest BCUT2D eigenvalue weighted by molar-refractivity contribution is -0.123. The van der Waals surface area contributed by atoms with E-state index >= 15 is 0 Å². The second-order valence-electron chi connectivity index (χ2n) is 6.66. The number of piperidine rings is 1. The fourth-order valence-corrected chi connectivity index (χ4v) is 3.52. The van der Waals surface area contributed by atoms with Gasteiger partial charge in [-0.25, -0.2) is 4.39 Å². The maximum Gasteiger partial charge on any atom is 0.220 e. The van der Waals surface area contributed by atoms with Gasteiger partial charge >= 0.3 is 0 Å². The van der Waals surface area contributed by atoms with E-state index in [1.165, 1.54) is 12.1 Å². The highest BCUT2D eigenvalue weighted by Crippen LogP contribution is 2.38. The maximum absolute atomic E-state index is 13.7. The number of benzene rings is 2. The van der Waals surface area contributed by atoms with Gasteiger partial charge in [0.25, 0.3) is 0 Å². The normalized spacial score (nSPS) is 19.1. The Balaban J connectivity index is 1.79. The first-order chi connectivity index (χ1) is 13.5. The highest BCUT2D eigenvalue weighted by atomic mass is 19.1. The Labute approximate surface area is 164 Å². The van der Waals surface area contributed by atoms with Crippen LogP contribution in [0.1, 0.15) is 30.0 Å². The lowest BCUT2D eigenvalue weighted by Gasteiger charge is -2.33. The van der Waals surface area contributed by atoms with E-state index in [0.29, 0.717) is 36.6 Å². The van der Waals surface area contributed by atoms with Gasteiger partial charge in [0.2, 0.25) is 11.7 Å². The Morgan fingerprint density at radius 2 is 1.82 bits per heavy atom. The third-order valence-electron chi connectivity index (χ3n) is 4.90. The van der Waals surface area contributed by atoms with Gasteiger partial charge in [-0.1, -0.05) is 12.1 Å². The topological polar surface area (TPSA) is 68.8 Å². The predicted octanol–water partition coefficient (Wildman–Crippen LogP) is 2.96. The lowest BCUT2D eigenvalue weighted by Crippen LogP contribution is -2.48. The van der Waals surface area contributed by atoms with Gasteiger partial charge in [-0.3, -0.25) is 4.79 Å². The summed E-state index contributed by atoms with van der Waals surface area (Å²) in [6, 6.07) is 9.78. The molecule has 0 aliphatic carbocycles. The molecule has 1 amide bonds. The van der Waals surface area contributed by atoms with Crippen molar-refractivity contribution < 1.29 is 23.4 Å². The van der Waals surface area contributed by atoms with Crippen molar-refractivity contribution in [3.8, 4) is 17.2 Å². The standard InChI is InChI=1S/C21H25FN2O4/c1-26-17-9-13(10-18(27-2)21(17)28-3)12-23-16-7-8-19(25)24-20(16)14-5-4-6-15(22)11-14/h4-6,9-11,16,20,23H,7-8,12H2,1-3H3,(H,24,25)/t16-,20+/m1/s1. The lowest BCUT2D eigenvalue weighted by atomic mass is 9.91. The largest absolute Gasteiger partial charge is 0.493 e. The molecular formula is C21H25FN2O4. The van der Waals surface area contributed by atoms with Crippen molar-refractivity contribution in [2.24, 2.45) is 0 Å². The summed E-state index contributed by atoms with van der Waals surface area (Å²) < 4.78 is 29.8. The fraction of sp³-hybridized carbons (Fsp3) is 0.381. The molecule has 1 aliphatic heterocycles. The van der Waals surface area contributed by atoms with Crippen LogP contribution >= 0.6 is 0 Å². The average molecular weight is 388 g/mol. The second kappa shape index (κ2) is 8.93. The van der Waals surface area contributed by atoms with Crippen LogP contribution in [-0.2, 0) is 11.3 Å². The number of halogens is 1. The minimum atomic E-state index is -0.319. The summed E-state index contributed by atoms with van der Waals surface area (Å²) in [4.78, 5) is 11.9. The number of hydrogen-bond donors (Lipinski definition) is 2. The highest BCUT2D eigenvalue weighted by molar-refractivity contribution is 5.77. The first-order valence-electron chi connectivity index (χ1n) is 9.12. The molecule has 2 aromatic carbocycles. The van der Waals surface area contributed by atoms with Crippen molar-refractivity contribution in [1.82, 2.24) is 10.6 Å². The average Bonchev–Trinajstić information content (AvgIpc) is 2.71. The third kappa shape index (κ3) is 4.36. The number of nitrogens with one attached hydrogen (secondary N) is 2. The van der Waals surface area contributed by atoms with E-state index in [0.717, 1.165) is 11.1 Å². The van der Waals surface area contributed by atoms with Crippen molar-refractivity contribution in [2.45, 2.75) is 31.5 Å².